The molecular formula is C18H18ClNO4S. The van der Waals surface area contributed by atoms with Crippen LogP contribution >= 0.6 is 23.4 Å². The van der Waals surface area contributed by atoms with Crippen LogP contribution in [-0.2, 0) is 4.79 Å². The summed E-state index contributed by atoms with van der Waals surface area (Å²) in [6.45, 7) is 0. The van der Waals surface area contributed by atoms with Crippen molar-refractivity contribution in [2.45, 2.75) is 5.37 Å². The minimum atomic E-state index is -0.220. The fourth-order valence-corrected chi connectivity index (χ4v) is 4.29. The first-order valence-electron chi connectivity index (χ1n) is 7.58. The van der Waals surface area contributed by atoms with Gasteiger partial charge in [-0.25, -0.2) is 0 Å². The lowest BCUT2D eigenvalue weighted by atomic mass is 10.1. The Morgan fingerprint density at radius 2 is 1.84 bits per heavy atom. The molecule has 1 aliphatic rings. The normalized spacial score (nSPS) is 16.9. The van der Waals surface area contributed by atoms with Crippen molar-refractivity contribution in [3.63, 3.8) is 0 Å². The Balaban J connectivity index is 2.05. The van der Waals surface area contributed by atoms with Crippen LogP contribution in [0.3, 0.4) is 0 Å². The number of carbonyl (C=O) groups excluding carboxylic acids is 1. The first-order valence-corrected chi connectivity index (χ1v) is 9.01. The number of benzene rings is 2. The third kappa shape index (κ3) is 3.24. The van der Waals surface area contributed by atoms with Crippen molar-refractivity contribution in [1.82, 2.24) is 0 Å². The van der Waals surface area contributed by atoms with Gasteiger partial charge in [0.05, 0.1) is 32.1 Å². The second kappa shape index (κ2) is 7.45. The van der Waals surface area contributed by atoms with Gasteiger partial charge in [-0.3, -0.25) is 9.69 Å². The maximum Gasteiger partial charge on any atom is 0.238 e. The lowest BCUT2D eigenvalue weighted by molar-refractivity contribution is -0.115. The smallest absolute Gasteiger partial charge is 0.238 e. The molecule has 1 heterocycles. The molecule has 7 heteroatoms. The van der Waals surface area contributed by atoms with E-state index in [4.69, 9.17) is 25.8 Å². The van der Waals surface area contributed by atoms with Crippen LogP contribution in [0.4, 0.5) is 5.69 Å². The number of rotatable bonds is 5. The number of anilines is 1. The van der Waals surface area contributed by atoms with Gasteiger partial charge in [-0.1, -0.05) is 23.7 Å². The molecule has 0 N–H and O–H groups in total. The lowest BCUT2D eigenvalue weighted by Gasteiger charge is -2.26. The van der Waals surface area contributed by atoms with E-state index in [0.29, 0.717) is 28.0 Å². The van der Waals surface area contributed by atoms with Crippen molar-refractivity contribution in [3.05, 3.63) is 47.0 Å². The van der Waals surface area contributed by atoms with E-state index in [9.17, 15) is 4.79 Å². The average molecular weight is 380 g/mol. The van der Waals surface area contributed by atoms with Crippen LogP contribution in [0, 0.1) is 0 Å². The van der Waals surface area contributed by atoms with Gasteiger partial charge in [0.1, 0.15) is 11.1 Å². The Morgan fingerprint density at radius 3 is 2.48 bits per heavy atom. The molecule has 1 atom stereocenters. The van der Waals surface area contributed by atoms with E-state index < -0.39 is 0 Å². The van der Waals surface area contributed by atoms with Gasteiger partial charge in [-0.2, -0.15) is 0 Å². The minimum Gasteiger partial charge on any atom is -0.495 e. The number of ether oxygens (including phenoxy) is 3. The highest BCUT2D eigenvalue weighted by Crippen LogP contribution is 2.47. The van der Waals surface area contributed by atoms with E-state index in [2.05, 4.69) is 0 Å². The molecule has 1 saturated heterocycles. The summed E-state index contributed by atoms with van der Waals surface area (Å²) in [7, 11) is 4.74. The minimum absolute atomic E-state index is 0.0149. The second-order valence-electron chi connectivity index (χ2n) is 5.33. The van der Waals surface area contributed by atoms with Crippen LogP contribution in [0.2, 0.25) is 5.02 Å². The predicted molar refractivity (Wildman–Crippen MR) is 100 cm³/mol. The highest BCUT2D eigenvalue weighted by molar-refractivity contribution is 8.00. The number of methoxy groups -OCH3 is 3. The van der Waals surface area contributed by atoms with Gasteiger partial charge < -0.3 is 14.2 Å². The molecule has 2 aromatic rings. The summed E-state index contributed by atoms with van der Waals surface area (Å²) in [5, 5.41) is 0.239. The number of hydrogen-bond acceptors (Lipinski definition) is 5. The molecule has 2 aromatic carbocycles. The summed E-state index contributed by atoms with van der Waals surface area (Å²) in [4.78, 5) is 14.3. The van der Waals surface area contributed by atoms with E-state index in [1.165, 1.54) is 11.8 Å². The number of amides is 1. The zero-order chi connectivity index (χ0) is 18.0. The first kappa shape index (κ1) is 17.8. The van der Waals surface area contributed by atoms with Gasteiger partial charge in [-0.05, 0) is 24.3 Å². The molecular weight excluding hydrogens is 362 g/mol. The quantitative estimate of drug-likeness (QED) is 0.781. The van der Waals surface area contributed by atoms with Crippen molar-refractivity contribution in [3.8, 4) is 17.2 Å². The fourth-order valence-electron chi connectivity index (χ4n) is 2.84. The molecule has 0 saturated carbocycles. The lowest BCUT2D eigenvalue weighted by Crippen LogP contribution is -2.28. The number of halogens is 1. The van der Waals surface area contributed by atoms with Gasteiger partial charge in [-0.15, -0.1) is 11.8 Å². The Labute approximate surface area is 155 Å². The zero-order valence-corrected chi connectivity index (χ0v) is 15.7. The van der Waals surface area contributed by atoms with E-state index in [0.717, 1.165) is 11.3 Å². The highest BCUT2D eigenvalue weighted by atomic mass is 35.5. The van der Waals surface area contributed by atoms with E-state index in [1.807, 2.05) is 24.3 Å². The number of carbonyl (C=O) groups is 1. The molecule has 5 nitrogen and oxygen atoms in total. The number of nitrogens with zero attached hydrogens (tertiary/aromatic N) is 1. The third-order valence-corrected chi connectivity index (χ3v) is 5.47. The number of para-hydroxylation sites is 1. The molecule has 0 aliphatic carbocycles. The van der Waals surface area contributed by atoms with Gasteiger partial charge in [0.15, 0.2) is 11.5 Å². The second-order valence-corrected chi connectivity index (χ2v) is 6.80. The SMILES string of the molecule is COc1ccc(N2C(=O)CS[C@@H]2c2cccc(OC)c2OC)cc1Cl. The largest absolute Gasteiger partial charge is 0.495 e. The van der Waals surface area contributed by atoms with E-state index >= 15 is 0 Å². The molecule has 0 radical (unpaired) electrons. The fraction of sp³-hybridized carbons (Fsp3) is 0.278. The van der Waals surface area contributed by atoms with Crippen molar-refractivity contribution < 1.29 is 19.0 Å². The molecule has 0 aromatic heterocycles. The maximum absolute atomic E-state index is 12.5. The maximum atomic E-state index is 12.5. The topological polar surface area (TPSA) is 48.0 Å². The monoisotopic (exact) mass is 379 g/mol. The summed E-state index contributed by atoms with van der Waals surface area (Å²) in [5.74, 6) is 2.23. The van der Waals surface area contributed by atoms with Crippen LogP contribution in [0.1, 0.15) is 10.9 Å². The van der Waals surface area contributed by atoms with Gasteiger partial charge in [0.2, 0.25) is 5.91 Å². The highest BCUT2D eigenvalue weighted by Gasteiger charge is 2.36. The molecule has 0 bridgehead atoms. The third-order valence-electron chi connectivity index (χ3n) is 3.98. The zero-order valence-electron chi connectivity index (χ0n) is 14.1. The van der Waals surface area contributed by atoms with E-state index in [1.54, 1.807) is 38.4 Å². The van der Waals surface area contributed by atoms with E-state index in [-0.39, 0.29) is 11.3 Å². The summed E-state index contributed by atoms with van der Waals surface area (Å²) < 4.78 is 16.1. The average Bonchev–Trinajstić information content (AvgIpc) is 3.02. The Hall–Kier alpha value is -2.05. The van der Waals surface area contributed by atoms with Crippen molar-refractivity contribution in [2.75, 3.05) is 32.0 Å². The Morgan fingerprint density at radius 1 is 1.08 bits per heavy atom. The number of thioether (sulfide) groups is 1. The Bertz CT molecular complexity index is 799. The van der Waals surface area contributed by atoms with Crippen molar-refractivity contribution in [1.29, 1.82) is 0 Å². The summed E-state index contributed by atoms with van der Waals surface area (Å²) in [6, 6.07) is 11.0. The predicted octanol–water partition coefficient (Wildman–Crippen LogP) is 4.14. The van der Waals surface area contributed by atoms with Crippen molar-refractivity contribution >= 4 is 35.0 Å². The summed E-state index contributed by atoms with van der Waals surface area (Å²) in [5.41, 5.74) is 1.60. The molecule has 0 unspecified atom stereocenters. The van der Waals surface area contributed by atoms with Crippen LogP contribution in [0.15, 0.2) is 36.4 Å². The molecule has 25 heavy (non-hydrogen) atoms. The van der Waals surface area contributed by atoms with Crippen LogP contribution in [0.5, 0.6) is 17.2 Å². The van der Waals surface area contributed by atoms with Crippen LogP contribution in [-0.4, -0.2) is 33.0 Å². The number of hydrogen-bond donors (Lipinski definition) is 0. The standard InChI is InChI=1S/C18H18ClNO4S/c1-22-14-8-7-11(9-13(14)19)20-16(21)10-25-18(20)12-5-4-6-15(23-2)17(12)24-3/h4-9,18H,10H2,1-3H3/t18-/m1/s1. The molecule has 1 aliphatic heterocycles. The first-order chi connectivity index (χ1) is 12.1. The van der Waals surface area contributed by atoms with Gasteiger partial charge in [0.25, 0.3) is 0 Å². The molecule has 1 amide bonds. The van der Waals surface area contributed by atoms with Gasteiger partial charge in [0, 0.05) is 11.3 Å². The Kier molecular flexibility index (Phi) is 5.30. The van der Waals surface area contributed by atoms with Gasteiger partial charge >= 0.3 is 0 Å². The summed E-state index contributed by atoms with van der Waals surface area (Å²) >= 11 is 7.78. The van der Waals surface area contributed by atoms with Crippen LogP contribution < -0.4 is 19.1 Å². The molecule has 3 rings (SSSR count). The summed E-state index contributed by atoms with van der Waals surface area (Å²) in [6.07, 6.45) is 0. The van der Waals surface area contributed by atoms with Crippen molar-refractivity contribution in [2.24, 2.45) is 0 Å². The molecule has 0 spiro atoms. The molecule has 132 valence electrons. The molecule has 1 fully saturated rings. The van der Waals surface area contributed by atoms with Crippen LogP contribution in [0.25, 0.3) is 0 Å².